The number of amides is 2. The van der Waals surface area contributed by atoms with Crippen LogP contribution in [0.1, 0.15) is 66.0 Å². The zero-order valence-electron chi connectivity index (χ0n) is 23.9. The molecule has 2 amide bonds. The molecular formula is C30H30N8O4S. The molecule has 0 radical (unpaired) electrons. The van der Waals surface area contributed by atoms with E-state index in [4.69, 9.17) is 10.3 Å². The second-order valence-electron chi connectivity index (χ2n) is 10.7. The van der Waals surface area contributed by atoms with E-state index < -0.39 is 22.9 Å². The molecule has 43 heavy (non-hydrogen) atoms. The van der Waals surface area contributed by atoms with E-state index in [9.17, 15) is 14.4 Å². The van der Waals surface area contributed by atoms with E-state index in [1.807, 2.05) is 32.9 Å². The number of nitrogen functional groups attached to an aromatic ring is 1. The Kier molecular flexibility index (Phi) is 7.26. The number of aryl methyl sites for hydroxylation is 1. The molecular weight excluding hydrogens is 568 g/mol. The summed E-state index contributed by atoms with van der Waals surface area (Å²) in [6, 6.07) is 8.12. The lowest BCUT2D eigenvalue weighted by molar-refractivity contribution is -0.124. The molecule has 4 N–H and O–H groups in total. The van der Waals surface area contributed by atoms with Gasteiger partial charge in [0.25, 0.3) is 11.5 Å². The van der Waals surface area contributed by atoms with E-state index in [-0.39, 0.29) is 23.9 Å². The molecule has 0 bridgehead atoms. The fraction of sp³-hybridized carbons (Fsp3) is 0.300. The molecule has 1 atom stereocenters. The Balaban J connectivity index is 1.26. The van der Waals surface area contributed by atoms with E-state index in [1.54, 1.807) is 24.5 Å². The van der Waals surface area contributed by atoms with E-state index in [0.29, 0.717) is 42.3 Å². The molecule has 220 valence electrons. The second-order valence-corrected chi connectivity index (χ2v) is 11.8. The van der Waals surface area contributed by atoms with Crippen molar-refractivity contribution < 1.29 is 14.1 Å². The van der Waals surface area contributed by atoms with Gasteiger partial charge in [0.05, 0.1) is 18.4 Å². The molecule has 6 heterocycles. The number of hydrogen-bond acceptors (Lipinski definition) is 10. The van der Waals surface area contributed by atoms with Gasteiger partial charge in [0.2, 0.25) is 11.7 Å². The number of carbonyl (C=O) groups excluding carboxylic acids is 2. The SMILES string of the molecule is CCC1(CC)C[C@@H](C(=O)NCc2cc3cnc(N)cc3s2)n2c1ncc(NC(=O)c1cc(-c3ncccc3C)no1)c2=O. The topological polar surface area (TPSA) is 171 Å². The van der Waals surface area contributed by atoms with Crippen LogP contribution in [-0.2, 0) is 16.8 Å². The van der Waals surface area contributed by atoms with Crippen molar-refractivity contribution in [3.63, 3.8) is 0 Å². The van der Waals surface area contributed by atoms with Crippen LogP contribution < -0.4 is 21.9 Å². The van der Waals surface area contributed by atoms with Crippen LogP contribution in [-0.4, -0.2) is 36.5 Å². The highest BCUT2D eigenvalue weighted by Gasteiger charge is 2.46. The van der Waals surface area contributed by atoms with E-state index in [1.165, 1.54) is 28.2 Å². The first-order valence-electron chi connectivity index (χ1n) is 14.0. The molecule has 0 saturated heterocycles. The van der Waals surface area contributed by atoms with Gasteiger partial charge in [-0.1, -0.05) is 25.1 Å². The van der Waals surface area contributed by atoms with Crippen LogP contribution in [0.25, 0.3) is 21.5 Å². The summed E-state index contributed by atoms with van der Waals surface area (Å²) in [5.41, 5.74) is 6.65. The Morgan fingerprint density at radius 2 is 1.98 bits per heavy atom. The largest absolute Gasteiger partial charge is 0.384 e. The van der Waals surface area contributed by atoms with Crippen molar-refractivity contribution in [1.82, 2.24) is 30.0 Å². The fourth-order valence-electron chi connectivity index (χ4n) is 5.67. The van der Waals surface area contributed by atoms with Crippen molar-refractivity contribution in [3.05, 3.63) is 81.3 Å². The van der Waals surface area contributed by atoms with Crippen molar-refractivity contribution >= 4 is 44.7 Å². The summed E-state index contributed by atoms with van der Waals surface area (Å²) in [6.07, 6.45) is 6.50. The van der Waals surface area contributed by atoms with E-state index in [2.05, 4.69) is 30.7 Å². The lowest BCUT2D eigenvalue weighted by atomic mass is 9.79. The Morgan fingerprint density at radius 3 is 2.74 bits per heavy atom. The Labute approximate surface area is 250 Å². The highest BCUT2D eigenvalue weighted by Crippen LogP contribution is 2.44. The fourth-order valence-corrected chi connectivity index (χ4v) is 6.69. The summed E-state index contributed by atoms with van der Waals surface area (Å²) >= 11 is 1.52. The number of carbonyl (C=O) groups is 2. The molecule has 0 unspecified atom stereocenters. The zero-order chi connectivity index (χ0) is 30.3. The highest BCUT2D eigenvalue weighted by atomic mass is 32.1. The lowest BCUT2D eigenvalue weighted by Gasteiger charge is -2.25. The second kappa shape index (κ2) is 11.1. The van der Waals surface area contributed by atoms with Gasteiger partial charge >= 0.3 is 0 Å². The van der Waals surface area contributed by atoms with Crippen molar-refractivity contribution in [2.45, 2.75) is 58.0 Å². The smallest absolute Gasteiger partial charge is 0.294 e. The van der Waals surface area contributed by atoms with Crippen LogP contribution >= 0.6 is 11.3 Å². The van der Waals surface area contributed by atoms with Crippen molar-refractivity contribution in [1.29, 1.82) is 0 Å². The minimum absolute atomic E-state index is 0.0592. The molecule has 0 fully saturated rings. The molecule has 1 aliphatic rings. The first-order valence-corrected chi connectivity index (χ1v) is 14.8. The van der Waals surface area contributed by atoms with Gasteiger partial charge in [0.15, 0.2) is 0 Å². The van der Waals surface area contributed by atoms with Gasteiger partial charge in [0.1, 0.15) is 29.1 Å². The van der Waals surface area contributed by atoms with E-state index in [0.717, 1.165) is 20.5 Å². The van der Waals surface area contributed by atoms with Crippen LogP contribution in [0.4, 0.5) is 11.5 Å². The van der Waals surface area contributed by atoms with Crippen LogP contribution in [0.5, 0.6) is 0 Å². The maximum atomic E-state index is 13.8. The minimum atomic E-state index is -0.789. The van der Waals surface area contributed by atoms with E-state index >= 15 is 0 Å². The third kappa shape index (κ3) is 5.05. The van der Waals surface area contributed by atoms with Crippen molar-refractivity contribution in [2.75, 3.05) is 11.1 Å². The van der Waals surface area contributed by atoms with Gasteiger partial charge in [-0.05, 0) is 49.9 Å². The Bertz CT molecular complexity index is 1920. The number of thiophene rings is 1. The van der Waals surface area contributed by atoms with Crippen LogP contribution in [0.3, 0.4) is 0 Å². The average Bonchev–Trinajstić information content (AvgIpc) is 3.73. The standard InChI is InChI=1S/C30H30N8O4S/c1-4-30(5-2)12-21(26(39)34-14-18-9-17-13-33-24(31)11-23(17)43-18)38-28(41)20(15-35-29(30)38)36-27(40)22-10-19(37-42-22)25-16(3)7-6-8-32-25/h6-11,13,15,21H,4-5,12,14H2,1-3H3,(H2,31,33)(H,34,39)(H,36,40)/t21-/m0/s1. The Morgan fingerprint density at radius 1 is 1.16 bits per heavy atom. The van der Waals surface area contributed by atoms with Crippen LogP contribution in [0.15, 0.2) is 58.2 Å². The van der Waals surface area contributed by atoms with Crippen LogP contribution in [0, 0.1) is 6.92 Å². The normalized spacial score (nSPS) is 15.4. The first-order chi connectivity index (χ1) is 20.7. The molecule has 0 spiro atoms. The summed E-state index contributed by atoms with van der Waals surface area (Å²) in [6.45, 7) is 6.22. The molecule has 0 aliphatic carbocycles. The number of fused-ring (bicyclic) bond motifs is 2. The number of rotatable bonds is 8. The van der Waals surface area contributed by atoms with Gasteiger partial charge in [-0.2, -0.15) is 0 Å². The third-order valence-corrected chi connectivity index (χ3v) is 9.26. The number of aromatic nitrogens is 5. The molecule has 6 rings (SSSR count). The third-order valence-electron chi connectivity index (χ3n) is 8.16. The zero-order valence-corrected chi connectivity index (χ0v) is 24.7. The molecule has 5 aromatic heterocycles. The molecule has 1 aliphatic heterocycles. The van der Waals surface area contributed by atoms with Crippen LogP contribution in [0.2, 0.25) is 0 Å². The maximum Gasteiger partial charge on any atom is 0.294 e. The number of nitrogens with two attached hydrogens (primary N) is 1. The highest BCUT2D eigenvalue weighted by molar-refractivity contribution is 7.19. The number of nitrogens with zero attached hydrogens (tertiary/aromatic N) is 5. The molecule has 13 heteroatoms. The lowest BCUT2D eigenvalue weighted by Crippen LogP contribution is -2.36. The summed E-state index contributed by atoms with van der Waals surface area (Å²) in [4.78, 5) is 54.5. The molecule has 0 aromatic carbocycles. The summed E-state index contributed by atoms with van der Waals surface area (Å²) in [7, 11) is 0. The predicted molar refractivity (Wildman–Crippen MR) is 163 cm³/mol. The van der Waals surface area contributed by atoms with Gasteiger partial charge in [-0.15, -0.1) is 11.3 Å². The van der Waals surface area contributed by atoms with Gasteiger partial charge in [-0.3, -0.25) is 23.9 Å². The summed E-state index contributed by atoms with van der Waals surface area (Å²) in [5.74, 6) is -0.0709. The van der Waals surface area contributed by atoms with Crippen molar-refractivity contribution in [3.8, 4) is 11.4 Å². The first kappa shape index (κ1) is 28.2. The van der Waals surface area contributed by atoms with Gasteiger partial charge in [-0.25, -0.2) is 9.97 Å². The van der Waals surface area contributed by atoms with Gasteiger partial charge in [0, 0.05) is 38.8 Å². The average molecular weight is 599 g/mol. The van der Waals surface area contributed by atoms with Gasteiger partial charge < -0.3 is 20.9 Å². The predicted octanol–water partition coefficient (Wildman–Crippen LogP) is 4.36. The molecule has 5 aromatic rings. The summed E-state index contributed by atoms with van der Waals surface area (Å²) in [5, 5.41) is 10.5. The number of pyridine rings is 2. The minimum Gasteiger partial charge on any atom is -0.384 e. The number of anilines is 2. The number of nitrogens with one attached hydrogen (secondary N) is 2. The van der Waals surface area contributed by atoms with Crippen molar-refractivity contribution in [2.24, 2.45) is 0 Å². The molecule has 0 saturated carbocycles. The quantitative estimate of drug-likeness (QED) is 0.235. The monoisotopic (exact) mass is 598 g/mol. The molecule has 12 nitrogen and oxygen atoms in total. The number of hydrogen-bond donors (Lipinski definition) is 3. The maximum absolute atomic E-state index is 13.8. The Hall–Kier alpha value is -4.91. The summed E-state index contributed by atoms with van der Waals surface area (Å²) < 4.78 is 7.67.